The number of rotatable bonds is 1. The summed E-state index contributed by atoms with van der Waals surface area (Å²) in [6.07, 6.45) is 2.73. The smallest absolute Gasteiger partial charge is 0.0601 e. The standard InChI is InChI=1S/C10H17N.C2H6/c1-10(2)6-5-9-11-7-3-4-8-11;1-2/h10H,3-4,7-9H2,1-2H3;1-2H3. The molecule has 0 amide bonds. The first-order valence-corrected chi connectivity index (χ1v) is 5.50. The number of nitrogens with zero attached hydrogens (tertiary/aromatic N) is 1. The topological polar surface area (TPSA) is 3.24 Å². The van der Waals surface area contributed by atoms with Crippen molar-refractivity contribution in [1.82, 2.24) is 4.90 Å². The molecule has 0 aromatic carbocycles. The lowest BCUT2D eigenvalue weighted by molar-refractivity contribution is 0.383. The van der Waals surface area contributed by atoms with E-state index < -0.39 is 0 Å². The summed E-state index contributed by atoms with van der Waals surface area (Å²) in [6, 6.07) is 0. The van der Waals surface area contributed by atoms with Gasteiger partial charge >= 0.3 is 0 Å². The molecule has 0 unspecified atom stereocenters. The van der Waals surface area contributed by atoms with E-state index in [-0.39, 0.29) is 0 Å². The highest BCUT2D eigenvalue weighted by molar-refractivity contribution is 5.03. The van der Waals surface area contributed by atoms with Gasteiger partial charge in [-0.25, -0.2) is 0 Å². The van der Waals surface area contributed by atoms with E-state index in [0.717, 1.165) is 6.54 Å². The van der Waals surface area contributed by atoms with Crippen LogP contribution in [0.4, 0.5) is 0 Å². The molecule has 0 N–H and O–H groups in total. The van der Waals surface area contributed by atoms with Crippen molar-refractivity contribution in [3.05, 3.63) is 0 Å². The maximum atomic E-state index is 3.20. The summed E-state index contributed by atoms with van der Waals surface area (Å²) in [7, 11) is 0. The highest BCUT2D eigenvalue weighted by Gasteiger charge is 2.08. The highest BCUT2D eigenvalue weighted by atomic mass is 15.1. The zero-order valence-electron chi connectivity index (χ0n) is 9.56. The van der Waals surface area contributed by atoms with Gasteiger partial charge in [-0.1, -0.05) is 39.5 Å². The first-order chi connectivity index (χ1) is 6.29. The average molecular weight is 181 g/mol. The Labute approximate surface area is 83.5 Å². The van der Waals surface area contributed by atoms with Gasteiger partial charge in [-0.2, -0.15) is 0 Å². The van der Waals surface area contributed by atoms with E-state index in [1.165, 1.54) is 25.9 Å². The summed E-state index contributed by atoms with van der Waals surface area (Å²) >= 11 is 0. The van der Waals surface area contributed by atoms with Crippen LogP contribution in [0.2, 0.25) is 0 Å². The molecule has 1 nitrogen and oxygen atoms in total. The fourth-order valence-electron chi connectivity index (χ4n) is 1.30. The third kappa shape index (κ3) is 6.66. The molecule has 1 heterocycles. The molecule has 0 aromatic heterocycles. The van der Waals surface area contributed by atoms with Crippen molar-refractivity contribution in [2.75, 3.05) is 19.6 Å². The monoisotopic (exact) mass is 181 g/mol. The quantitative estimate of drug-likeness (QED) is 0.562. The fraction of sp³-hybridized carbons (Fsp3) is 0.833. The van der Waals surface area contributed by atoms with Gasteiger partial charge in [0.2, 0.25) is 0 Å². The lowest BCUT2D eigenvalue weighted by atomic mass is 10.2. The molecule has 76 valence electrons. The largest absolute Gasteiger partial charge is 0.292 e. The van der Waals surface area contributed by atoms with E-state index >= 15 is 0 Å². The molecule has 0 saturated carbocycles. The maximum absolute atomic E-state index is 3.20. The van der Waals surface area contributed by atoms with Crippen LogP contribution in [0.5, 0.6) is 0 Å². The normalized spacial score (nSPS) is 16.1. The van der Waals surface area contributed by atoms with Crippen LogP contribution < -0.4 is 0 Å². The van der Waals surface area contributed by atoms with Crippen molar-refractivity contribution >= 4 is 0 Å². The van der Waals surface area contributed by atoms with Gasteiger partial charge in [-0.3, -0.25) is 4.90 Å². The second-order valence-corrected chi connectivity index (χ2v) is 3.46. The Morgan fingerprint density at radius 2 is 1.69 bits per heavy atom. The van der Waals surface area contributed by atoms with Crippen LogP contribution >= 0.6 is 0 Å². The van der Waals surface area contributed by atoms with Crippen LogP contribution in [-0.2, 0) is 0 Å². The molecule has 1 aliphatic heterocycles. The highest BCUT2D eigenvalue weighted by Crippen LogP contribution is 2.05. The third-order valence-electron chi connectivity index (χ3n) is 1.89. The van der Waals surface area contributed by atoms with Crippen molar-refractivity contribution in [2.45, 2.75) is 40.5 Å². The second kappa shape index (κ2) is 8.13. The molecule has 0 bridgehead atoms. The third-order valence-corrected chi connectivity index (χ3v) is 1.89. The van der Waals surface area contributed by atoms with Crippen molar-refractivity contribution in [2.24, 2.45) is 5.92 Å². The Morgan fingerprint density at radius 3 is 2.15 bits per heavy atom. The van der Waals surface area contributed by atoms with Gasteiger partial charge in [-0.15, -0.1) is 0 Å². The molecule has 1 fully saturated rings. The molecular weight excluding hydrogens is 158 g/mol. The minimum absolute atomic E-state index is 0.526. The molecular formula is C12H23N. The van der Waals surface area contributed by atoms with Gasteiger partial charge in [0, 0.05) is 5.92 Å². The van der Waals surface area contributed by atoms with Crippen molar-refractivity contribution < 1.29 is 0 Å². The predicted molar refractivity (Wildman–Crippen MR) is 59.6 cm³/mol. The zero-order chi connectivity index (χ0) is 10.1. The Hall–Kier alpha value is -0.480. The Bertz CT molecular complexity index is 156. The number of likely N-dealkylation sites (tertiary alicyclic amines) is 1. The van der Waals surface area contributed by atoms with Crippen molar-refractivity contribution in [3.63, 3.8) is 0 Å². The van der Waals surface area contributed by atoms with E-state index in [9.17, 15) is 0 Å². The minimum Gasteiger partial charge on any atom is -0.292 e. The summed E-state index contributed by atoms with van der Waals surface area (Å²) in [5.41, 5.74) is 0. The lowest BCUT2D eigenvalue weighted by Gasteiger charge is -2.08. The van der Waals surface area contributed by atoms with E-state index in [4.69, 9.17) is 0 Å². The predicted octanol–water partition coefficient (Wildman–Crippen LogP) is 2.77. The molecule has 1 aliphatic rings. The van der Waals surface area contributed by atoms with E-state index in [2.05, 4.69) is 30.6 Å². The van der Waals surface area contributed by atoms with Gasteiger partial charge in [0.15, 0.2) is 0 Å². The Kier molecular flexibility index (Phi) is 7.83. The van der Waals surface area contributed by atoms with Crippen LogP contribution in [0.1, 0.15) is 40.5 Å². The lowest BCUT2D eigenvalue weighted by Crippen LogP contribution is -2.19. The van der Waals surface area contributed by atoms with Crippen LogP contribution in [0.3, 0.4) is 0 Å². The fourth-order valence-corrected chi connectivity index (χ4v) is 1.30. The van der Waals surface area contributed by atoms with Gasteiger partial charge < -0.3 is 0 Å². The van der Waals surface area contributed by atoms with Gasteiger partial charge in [0.05, 0.1) is 6.54 Å². The SMILES string of the molecule is CC.CC(C)C#CCN1CCCC1. The summed E-state index contributed by atoms with van der Waals surface area (Å²) in [5.74, 6) is 6.91. The Morgan fingerprint density at radius 1 is 1.15 bits per heavy atom. The molecule has 1 rings (SSSR count). The first kappa shape index (κ1) is 12.5. The van der Waals surface area contributed by atoms with Gasteiger partial charge in [0.1, 0.15) is 0 Å². The van der Waals surface area contributed by atoms with Crippen LogP contribution in [0, 0.1) is 17.8 Å². The molecule has 0 spiro atoms. The number of hydrogen-bond donors (Lipinski definition) is 0. The summed E-state index contributed by atoms with van der Waals surface area (Å²) in [6.45, 7) is 11.8. The molecule has 0 radical (unpaired) electrons. The van der Waals surface area contributed by atoms with Crippen molar-refractivity contribution in [3.8, 4) is 11.8 Å². The van der Waals surface area contributed by atoms with E-state index in [0.29, 0.717) is 5.92 Å². The van der Waals surface area contributed by atoms with E-state index in [1.54, 1.807) is 0 Å². The molecule has 13 heavy (non-hydrogen) atoms. The van der Waals surface area contributed by atoms with Gasteiger partial charge in [-0.05, 0) is 25.9 Å². The van der Waals surface area contributed by atoms with Crippen LogP contribution in [0.15, 0.2) is 0 Å². The molecule has 1 heteroatoms. The Balaban J connectivity index is 0.000000671. The van der Waals surface area contributed by atoms with Crippen LogP contribution in [-0.4, -0.2) is 24.5 Å². The second-order valence-electron chi connectivity index (χ2n) is 3.46. The number of hydrogen-bond acceptors (Lipinski definition) is 1. The maximum Gasteiger partial charge on any atom is 0.0601 e. The summed E-state index contributed by atoms with van der Waals surface area (Å²) in [4.78, 5) is 2.43. The van der Waals surface area contributed by atoms with Crippen LogP contribution in [0.25, 0.3) is 0 Å². The minimum atomic E-state index is 0.526. The molecule has 1 saturated heterocycles. The molecule has 0 atom stereocenters. The zero-order valence-corrected chi connectivity index (χ0v) is 9.56. The van der Waals surface area contributed by atoms with Gasteiger partial charge in [0.25, 0.3) is 0 Å². The first-order valence-electron chi connectivity index (χ1n) is 5.50. The molecule has 0 aliphatic carbocycles. The summed E-state index contributed by atoms with van der Waals surface area (Å²) < 4.78 is 0. The average Bonchev–Trinajstić information content (AvgIpc) is 2.60. The molecule has 0 aromatic rings. The van der Waals surface area contributed by atoms with Crippen molar-refractivity contribution in [1.29, 1.82) is 0 Å². The van der Waals surface area contributed by atoms with E-state index in [1.807, 2.05) is 13.8 Å². The summed E-state index contributed by atoms with van der Waals surface area (Å²) in [5, 5.41) is 0.